The van der Waals surface area contributed by atoms with E-state index >= 15 is 0 Å². The van der Waals surface area contributed by atoms with Crippen LogP contribution >= 0.6 is 23.1 Å². The Labute approximate surface area is 174 Å². The molecule has 1 aromatic heterocycles. The number of fused-ring (bicyclic) bond motifs is 1. The Morgan fingerprint density at radius 2 is 2.14 bits per heavy atom. The van der Waals surface area contributed by atoms with Gasteiger partial charge in [0.2, 0.25) is 0 Å². The van der Waals surface area contributed by atoms with Crippen LogP contribution in [0.2, 0.25) is 0 Å². The minimum absolute atomic E-state index is 0.0493. The van der Waals surface area contributed by atoms with Gasteiger partial charge in [-0.2, -0.15) is 0 Å². The number of hydrogen-bond acceptors (Lipinski definition) is 9. The van der Waals surface area contributed by atoms with Crippen molar-refractivity contribution >= 4 is 51.7 Å². The first-order valence-corrected chi connectivity index (χ1v) is 11.0. The van der Waals surface area contributed by atoms with Crippen molar-refractivity contribution in [3.05, 3.63) is 22.8 Å². The van der Waals surface area contributed by atoms with Crippen molar-refractivity contribution in [2.45, 2.75) is 43.2 Å². The number of β-lactam (4-membered cyclic amide) rings is 1. The van der Waals surface area contributed by atoms with Crippen LogP contribution in [0.4, 0.5) is 5.13 Å². The highest BCUT2D eigenvalue weighted by molar-refractivity contribution is 8.00. The minimum Gasteiger partial charge on any atom is -0.477 e. The van der Waals surface area contributed by atoms with Gasteiger partial charge in [0, 0.05) is 11.1 Å². The van der Waals surface area contributed by atoms with Gasteiger partial charge in [0.25, 0.3) is 11.8 Å². The molecule has 1 unspecified atom stereocenters. The summed E-state index contributed by atoms with van der Waals surface area (Å²) >= 11 is 2.55. The van der Waals surface area contributed by atoms with Gasteiger partial charge in [-0.3, -0.25) is 14.5 Å². The highest BCUT2D eigenvalue weighted by Crippen LogP contribution is 2.37. The van der Waals surface area contributed by atoms with Crippen molar-refractivity contribution in [3.8, 4) is 0 Å². The molecule has 1 saturated carbocycles. The molecule has 0 spiro atoms. The van der Waals surface area contributed by atoms with Crippen LogP contribution in [0.25, 0.3) is 0 Å². The first-order valence-electron chi connectivity index (χ1n) is 9.10. The molecule has 2 amide bonds. The summed E-state index contributed by atoms with van der Waals surface area (Å²) in [5, 5.41) is 17.3. The monoisotopic (exact) mass is 437 g/mol. The molecule has 2 fully saturated rings. The minimum atomic E-state index is -1.17. The summed E-state index contributed by atoms with van der Waals surface area (Å²) in [7, 11) is 0. The van der Waals surface area contributed by atoms with Crippen LogP contribution in [-0.2, 0) is 19.2 Å². The van der Waals surface area contributed by atoms with Crippen molar-refractivity contribution < 1.29 is 24.3 Å². The lowest BCUT2D eigenvalue weighted by Crippen LogP contribution is -2.70. The van der Waals surface area contributed by atoms with Crippen LogP contribution in [-0.4, -0.2) is 61.8 Å². The maximum atomic E-state index is 12.9. The maximum Gasteiger partial charge on any atom is 0.352 e. The quantitative estimate of drug-likeness (QED) is 0.336. The number of nitrogen functional groups attached to an aromatic ring is 1. The van der Waals surface area contributed by atoms with Crippen LogP contribution in [0.15, 0.2) is 22.3 Å². The normalized spacial score (nSPS) is 24.6. The average Bonchev–Trinajstić information content (AvgIpc) is 3.37. The molecule has 4 rings (SSSR count). The molecule has 1 aliphatic carbocycles. The highest BCUT2D eigenvalue weighted by atomic mass is 32.2. The lowest BCUT2D eigenvalue weighted by Gasteiger charge is -2.48. The number of nitrogens with one attached hydrogen (secondary N) is 1. The Morgan fingerprint density at radius 1 is 1.38 bits per heavy atom. The van der Waals surface area contributed by atoms with Gasteiger partial charge in [0.05, 0.1) is 0 Å². The Kier molecular flexibility index (Phi) is 5.46. The van der Waals surface area contributed by atoms with E-state index < -0.39 is 29.2 Å². The number of aliphatic carboxylic acids is 1. The summed E-state index contributed by atoms with van der Waals surface area (Å²) in [5.41, 5.74) is 5.84. The van der Waals surface area contributed by atoms with Gasteiger partial charge in [0.15, 0.2) is 10.8 Å². The van der Waals surface area contributed by atoms with Crippen molar-refractivity contribution in [2.24, 2.45) is 5.16 Å². The standard InChI is InChI=1S/C17H19N5O5S2/c18-17-19-9(7-29-17)11(21-27-8-3-1-2-4-8)13(23)20-12-14(24)22-10(16(25)26)5-6-28-15(12)22/h5,7-8,12,15H,1-4,6H2,(H2,18,19)(H,20,23)(H,25,26)/b21-11+/t12?,15-/m1/s1. The Balaban J connectivity index is 1.50. The molecule has 0 aromatic carbocycles. The van der Waals surface area contributed by atoms with Crippen molar-refractivity contribution in [1.29, 1.82) is 0 Å². The second kappa shape index (κ2) is 8.03. The molecule has 2 atom stereocenters. The Hall–Kier alpha value is -2.60. The average molecular weight is 438 g/mol. The number of oxime groups is 1. The van der Waals surface area contributed by atoms with E-state index in [-0.39, 0.29) is 28.3 Å². The van der Waals surface area contributed by atoms with E-state index in [0.29, 0.717) is 5.75 Å². The molecule has 0 bridgehead atoms. The van der Waals surface area contributed by atoms with Gasteiger partial charge in [-0.25, -0.2) is 9.78 Å². The molecule has 154 valence electrons. The van der Waals surface area contributed by atoms with Gasteiger partial charge in [0.1, 0.15) is 28.9 Å². The molecule has 0 radical (unpaired) electrons. The predicted octanol–water partition coefficient (Wildman–Crippen LogP) is 0.757. The fourth-order valence-corrected chi connectivity index (χ4v) is 5.21. The van der Waals surface area contributed by atoms with Crippen molar-refractivity contribution in [1.82, 2.24) is 15.2 Å². The molecule has 29 heavy (non-hydrogen) atoms. The van der Waals surface area contributed by atoms with E-state index in [2.05, 4.69) is 15.5 Å². The summed E-state index contributed by atoms with van der Waals surface area (Å²) in [6.07, 6.45) is 5.28. The number of hydrogen-bond donors (Lipinski definition) is 3. The highest BCUT2D eigenvalue weighted by Gasteiger charge is 2.53. The number of carboxylic acids is 1. The molecule has 10 nitrogen and oxygen atoms in total. The number of thioether (sulfide) groups is 1. The van der Waals surface area contributed by atoms with E-state index in [4.69, 9.17) is 10.6 Å². The topological polar surface area (TPSA) is 147 Å². The number of anilines is 1. The van der Waals surface area contributed by atoms with Crippen LogP contribution in [0.1, 0.15) is 31.4 Å². The summed E-state index contributed by atoms with van der Waals surface area (Å²) < 4.78 is 0. The summed E-state index contributed by atoms with van der Waals surface area (Å²) in [6, 6.07) is -0.844. The van der Waals surface area contributed by atoms with Gasteiger partial charge >= 0.3 is 5.97 Å². The molecule has 3 heterocycles. The number of nitrogens with zero attached hydrogens (tertiary/aromatic N) is 3. The number of thiazole rings is 1. The number of aromatic nitrogens is 1. The third-order valence-electron chi connectivity index (χ3n) is 4.93. The molecule has 12 heteroatoms. The van der Waals surface area contributed by atoms with Gasteiger partial charge in [-0.15, -0.1) is 23.1 Å². The van der Waals surface area contributed by atoms with Gasteiger partial charge in [-0.1, -0.05) is 5.16 Å². The SMILES string of the molecule is Nc1nc(/C(=N\OC2CCCC2)C(=O)NC2C(=O)N3C(C(=O)O)=CCS[C@H]23)cs1. The van der Waals surface area contributed by atoms with E-state index in [0.717, 1.165) is 25.7 Å². The molecular formula is C17H19N5O5S2. The fourth-order valence-electron chi connectivity index (χ4n) is 3.47. The fraction of sp³-hybridized carbons (Fsp3) is 0.471. The molecule has 2 aliphatic heterocycles. The number of nitrogens with two attached hydrogens (primary N) is 1. The van der Waals surface area contributed by atoms with Crippen molar-refractivity contribution in [2.75, 3.05) is 11.5 Å². The zero-order valence-corrected chi connectivity index (χ0v) is 16.9. The van der Waals surface area contributed by atoms with Crippen LogP contribution in [0.3, 0.4) is 0 Å². The van der Waals surface area contributed by atoms with E-state index in [1.807, 2.05) is 0 Å². The maximum absolute atomic E-state index is 12.9. The third-order valence-corrected chi connectivity index (χ3v) is 6.78. The number of carboxylic acid groups (broad SMARTS) is 1. The van der Waals surface area contributed by atoms with Crippen molar-refractivity contribution in [3.63, 3.8) is 0 Å². The third kappa shape index (κ3) is 3.81. The lowest BCUT2D eigenvalue weighted by atomic mass is 10.0. The number of rotatable bonds is 6. The molecule has 1 aromatic rings. The van der Waals surface area contributed by atoms with Gasteiger partial charge in [-0.05, 0) is 31.8 Å². The molecule has 3 aliphatic rings. The smallest absolute Gasteiger partial charge is 0.352 e. The van der Waals surface area contributed by atoms with E-state index in [1.165, 1.54) is 34.1 Å². The Morgan fingerprint density at radius 3 is 2.79 bits per heavy atom. The van der Waals surface area contributed by atoms with E-state index in [9.17, 15) is 19.5 Å². The predicted molar refractivity (Wildman–Crippen MR) is 107 cm³/mol. The summed E-state index contributed by atoms with van der Waals surface area (Å²) in [6.45, 7) is 0. The zero-order chi connectivity index (χ0) is 20.5. The number of amides is 2. The zero-order valence-electron chi connectivity index (χ0n) is 15.2. The number of carbonyl (C=O) groups excluding carboxylic acids is 2. The second-order valence-corrected chi connectivity index (χ2v) is 8.84. The van der Waals surface area contributed by atoms with Gasteiger partial charge < -0.3 is 21.0 Å². The summed E-state index contributed by atoms with van der Waals surface area (Å²) in [5.74, 6) is -1.81. The summed E-state index contributed by atoms with van der Waals surface area (Å²) in [4.78, 5) is 47.5. The first kappa shape index (κ1) is 19.7. The lowest BCUT2D eigenvalue weighted by molar-refractivity contribution is -0.150. The van der Waals surface area contributed by atoms with Crippen LogP contribution in [0.5, 0.6) is 0 Å². The molecule has 4 N–H and O–H groups in total. The Bertz CT molecular complexity index is 908. The first-order chi connectivity index (χ1) is 14.0. The number of carbonyl (C=O) groups is 3. The second-order valence-electron chi connectivity index (χ2n) is 6.80. The van der Waals surface area contributed by atoms with Crippen LogP contribution in [0, 0.1) is 0 Å². The molecule has 1 saturated heterocycles. The largest absolute Gasteiger partial charge is 0.477 e. The molecular weight excluding hydrogens is 418 g/mol. The van der Waals surface area contributed by atoms with E-state index in [1.54, 1.807) is 5.38 Å². The van der Waals surface area contributed by atoms with Crippen LogP contribution < -0.4 is 11.1 Å².